The summed E-state index contributed by atoms with van der Waals surface area (Å²) in [6, 6.07) is 15.1. The lowest BCUT2D eigenvalue weighted by Gasteiger charge is -2.12. The van der Waals surface area contributed by atoms with Crippen LogP contribution in [0.1, 0.15) is 13.3 Å². The third-order valence-corrected chi connectivity index (χ3v) is 3.99. The Kier molecular flexibility index (Phi) is 6.21. The number of hydrogen-bond donors (Lipinski definition) is 1. The molecule has 0 aliphatic heterocycles. The zero-order valence-corrected chi connectivity index (χ0v) is 16.3. The molecule has 0 fully saturated rings. The predicted octanol–water partition coefficient (Wildman–Crippen LogP) is 2.83. The summed E-state index contributed by atoms with van der Waals surface area (Å²) in [6.07, 6.45) is 0.958. The second-order valence-corrected chi connectivity index (χ2v) is 6.51. The van der Waals surface area contributed by atoms with Gasteiger partial charge >= 0.3 is 0 Å². The van der Waals surface area contributed by atoms with Crippen LogP contribution < -0.4 is 15.0 Å². The lowest BCUT2D eigenvalue weighted by atomic mass is 10.2. The quantitative estimate of drug-likeness (QED) is 0.647. The Hall–Kier alpha value is -3.42. The van der Waals surface area contributed by atoms with E-state index in [0.29, 0.717) is 12.4 Å². The van der Waals surface area contributed by atoms with Gasteiger partial charge in [0.25, 0.3) is 0 Å². The summed E-state index contributed by atoms with van der Waals surface area (Å²) >= 11 is 0. The summed E-state index contributed by atoms with van der Waals surface area (Å²) in [5, 5.41) is 15.1. The van der Waals surface area contributed by atoms with Crippen LogP contribution in [0.4, 0.5) is 11.4 Å². The van der Waals surface area contributed by atoms with Gasteiger partial charge in [0.15, 0.2) is 0 Å². The van der Waals surface area contributed by atoms with Crippen molar-refractivity contribution in [3.63, 3.8) is 0 Å². The lowest BCUT2D eigenvalue weighted by molar-refractivity contribution is -0.117. The van der Waals surface area contributed by atoms with E-state index in [4.69, 9.17) is 4.74 Å². The standard InChI is InChI=1S/C20H24N6O2/c1-4-13-28-18-11-5-15(6-12-18)20-22-24-26(23-20)14-19(27)21-16-7-9-17(10-8-16)25(2)3/h5-12H,4,13-14H2,1-3H3,(H,21,27). The van der Waals surface area contributed by atoms with Gasteiger partial charge in [0.1, 0.15) is 12.3 Å². The van der Waals surface area contributed by atoms with Gasteiger partial charge in [-0.25, -0.2) is 0 Å². The van der Waals surface area contributed by atoms with E-state index in [1.54, 1.807) is 0 Å². The summed E-state index contributed by atoms with van der Waals surface area (Å²) in [4.78, 5) is 15.5. The monoisotopic (exact) mass is 380 g/mol. The normalized spacial score (nSPS) is 10.5. The van der Waals surface area contributed by atoms with Crippen LogP contribution in [0.15, 0.2) is 48.5 Å². The van der Waals surface area contributed by atoms with Crippen LogP contribution in [-0.4, -0.2) is 46.8 Å². The molecule has 146 valence electrons. The van der Waals surface area contributed by atoms with Crippen LogP contribution in [0.5, 0.6) is 5.75 Å². The summed E-state index contributed by atoms with van der Waals surface area (Å²) in [5.41, 5.74) is 2.60. The van der Waals surface area contributed by atoms with Crippen LogP contribution in [-0.2, 0) is 11.3 Å². The summed E-state index contributed by atoms with van der Waals surface area (Å²) in [6.45, 7) is 2.73. The molecule has 0 saturated heterocycles. The van der Waals surface area contributed by atoms with E-state index in [9.17, 15) is 4.79 Å². The number of hydrogen-bond acceptors (Lipinski definition) is 6. The number of ether oxygens (including phenoxy) is 1. The van der Waals surface area contributed by atoms with Crippen molar-refractivity contribution in [3.05, 3.63) is 48.5 Å². The smallest absolute Gasteiger partial charge is 0.248 e. The molecule has 0 unspecified atom stereocenters. The van der Waals surface area contributed by atoms with Crippen molar-refractivity contribution in [2.75, 3.05) is 30.9 Å². The van der Waals surface area contributed by atoms with Crippen LogP contribution in [0, 0.1) is 0 Å². The van der Waals surface area contributed by atoms with Gasteiger partial charge in [-0.2, -0.15) is 4.80 Å². The zero-order chi connectivity index (χ0) is 19.9. The number of amides is 1. The Morgan fingerprint density at radius 3 is 2.46 bits per heavy atom. The van der Waals surface area contributed by atoms with E-state index in [-0.39, 0.29) is 12.5 Å². The Labute approximate surface area is 164 Å². The molecule has 0 saturated carbocycles. The molecule has 3 aromatic rings. The van der Waals surface area contributed by atoms with Gasteiger partial charge in [-0.3, -0.25) is 4.79 Å². The Morgan fingerprint density at radius 1 is 1.11 bits per heavy atom. The molecular formula is C20H24N6O2. The molecule has 0 aliphatic rings. The van der Waals surface area contributed by atoms with E-state index < -0.39 is 0 Å². The number of carbonyl (C=O) groups excluding carboxylic acids is 1. The summed E-state index contributed by atoms with van der Waals surface area (Å²) in [7, 11) is 3.93. The Bertz CT molecular complexity index is 903. The highest BCUT2D eigenvalue weighted by atomic mass is 16.5. The van der Waals surface area contributed by atoms with Gasteiger partial charge < -0.3 is 15.0 Å². The molecule has 0 bridgehead atoms. The Morgan fingerprint density at radius 2 is 1.82 bits per heavy atom. The minimum atomic E-state index is -0.218. The first kappa shape index (κ1) is 19.3. The molecular weight excluding hydrogens is 356 g/mol. The molecule has 1 N–H and O–H groups in total. The van der Waals surface area contributed by atoms with Gasteiger partial charge in [-0.1, -0.05) is 6.92 Å². The number of tetrazole rings is 1. The summed E-state index contributed by atoms with van der Waals surface area (Å²) in [5.74, 6) is 1.05. The fourth-order valence-corrected chi connectivity index (χ4v) is 2.52. The maximum Gasteiger partial charge on any atom is 0.248 e. The highest BCUT2D eigenvalue weighted by molar-refractivity contribution is 5.90. The average molecular weight is 380 g/mol. The third kappa shape index (κ3) is 5.06. The van der Waals surface area contributed by atoms with Crippen molar-refractivity contribution < 1.29 is 9.53 Å². The van der Waals surface area contributed by atoms with E-state index in [2.05, 4.69) is 27.7 Å². The number of nitrogens with one attached hydrogen (secondary N) is 1. The number of aromatic nitrogens is 4. The highest BCUT2D eigenvalue weighted by Gasteiger charge is 2.10. The zero-order valence-electron chi connectivity index (χ0n) is 16.3. The first-order chi connectivity index (χ1) is 13.5. The number of nitrogens with zero attached hydrogens (tertiary/aromatic N) is 5. The molecule has 28 heavy (non-hydrogen) atoms. The van der Waals surface area contributed by atoms with E-state index in [1.807, 2.05) is 67.5 Å². The molecule has 2 aromatic carbocycles. The molecule has 8 heteroatoms. The number of carbonyl (C=O) groups is 1. The molecule has 0 atom stereocenters. The van der Waals surface area contributed by atoms with Crippen molar-refractivity contribution in [2.45, 2.75) is 19.9 Å². The highest BCUT2D eigenvalue weighted by Crippen LogP contribution is 2.19. The maximum absolute atomic E-state index is 12.2. The molecule has 1 heterocycles. The topological polar surface area (TPSA) is 85.2 Å². The largest absolute Gasteiger partial charge is 0.494 e. The molecule has 0 spiro atoms. The van der Waals surface area contributed by atoms with Gasteiger partial charge in [-0.15, -0.1) is 10.2 Å². The predicted molar refractivity (Wildman–Crippen MR) is 108 cm³/mol. The van der Waals surface area contributed by atoms with Crippen LogP contribution in [0.3, 0.4) is 0 Å². The second kappa shape index (κ2) is 8.98. The molecule has 0 radical (unpaired) electrons. The third-order valence-electron chi connectivity index (χ3n) is 3.99. The van der Waals surface area contributed by atoms with Gasteiger partial charge in [0.05, 0.1) is 6.61 Å². The first-order valence-corrected chi connectivity index (χ1v) is 9.13. The maximum atomic E-state index is 12.2. The number of anilines is 2. The number of benzene rings is 2. The minimum absolute atomic E-state index is 0.0138. The molecule has 8 nitrogen and oxygen atoms in total. The fourth-order valence-electron chi connectivity index (χ4n) is 2.52. The van der Waals surface area contributed by atoms with Crippen molar-refractivity contribution in [2.24, 2.45) is 0 Å². The van der Waals surface area contributed by atoms with E-state index in [1.165, 1.54) is 4.80 Å². The Balaban J connectivity index is 1.58. The van der Waals surface area contributed by atoms with Crippen LogP contribution in [0.25, 0.3) is 11.4 Å². The van der Waals surface area contributed by atoms with Crippen molar-refractivity contribution in [3.8, 4) is 17.1 Å². The SMILES string of the molecule is CCCOc1ccc(-c2nnn(CC(=O)Nc3ccc(N(C)C)cc3)n2)cc1. The molecule has 0 aliphatic carbocycles. The van der Waals surface area contributed by atoms with Crippen LogP contribution >= 0.6 is 0 Å². The van der Waals surface area contributed by atoms with Gasteiger partial charge in [0, 0.05) is 31.0 Å². The van der Waals surface area contributed by atoms with E-state index >= 15 is 0 Å². The molecule has 1 amide bonds. The molecule has 1 aromatic heterocycles. The summed E-state index contributed by atoms with van der Waals surface area (Å²) < 4.78 is 5.56. The van der Waals surface area contributed by atoms with Crippen LogP contribution in [0.2, 0.25) is 0 Å². The second-order valence-electron chi connectivity index (χ2n) is 6.51. The lowest BCUT2D eigenvalue weighted by Crippen LogP contribution is -2.20. The van der Waals surface area contributed by atoms with E-state index in [0.717, 1.165) is 29.1 Å². The van der Waals surface area contributed by atoms with Gasteiger partial charge in [0.2, 0.25) is 11.7 Å². The fraction of sp³-hybridized carbons (Fsp3) is 0.300. The molecule has 3 rings (SSSR count). The average Bonchev–Trinajstić information content (AvgIpc) is 3.15. The van der Waals surface area contributed by atoms with Gasteiger partial charge in [-0.05, 0) is 60.2 Å². The van der Waals surface area contributed by atoms with Crippen molar-refractivity contribution in [1.29, 1.82) is 0 Å². The van der Waals surface area contributed by atoms with Crippen molar-refractivity contribution in [1.82, 2.24) is 20.2 Å². The number of rotatable bonds is 8. The van der Waals surface area contributed by atoms with Crippen molar-refractivity contribution >= 4 is 17.3 Å². The first-order valence-electron chi connectivity index (χ1n) is 9.13. The minimum Gasteiger partial charge on any atom is -0.494 e.